The maximum Gasteiger partial charge on any atom is 0.160 e. The van der Waals surface area contributed by atoms with Gasteiger partial charge in [-0.25, -0.2) is 0 Å². The number of nitrogens with one attached hydrogen (secondary N) is 1. The largest absolute Gasteiger partial charge is 0.380 e. The lowest BCUT2D eigenvalue weighted by Crippen LogP contribution is -2.23. The number of ether oxygens (including phenoxy) is 1. The fourth-order valence-electron chi connectivity index (χ4n) is 2.58. The van der Waals surface area contributed by atoms with Crippen molar-refractivity contribution in [3.05, 3.63) is 60.0 Å². The highest BCUT2D eigenvalue weighted by molar-refractivity contribution is 5.46. The molecule has 2 heterocycles. The van der Waals surface area contributed by atoms with Crippen molar-refractivity contribution in [2.75, 3.05) is 11.9 Å². The third kappa shape index (κ3) is 4.11. The summed E-state index contributed by atoms with van der Waals surface area (Å²) in [5, 5.41) is 11.9. The Hall–Kier alpha value is -2.40. The topological polar surface area (TPSA) is 51.5 Å². The van der Waals surface area contributed by atoms with Crippen LogP contribution >= 0.6 is 0 Å². The van der Waals surface area contributed by atoms with E-state index in [-0.39, 0.29) is 12.1 Å². The lowest BCUT2D eigenvalue weighted by atomic mass is 10.1. The predicted molar refractivity (Wildman–Crippen MR) is 96.4 cm³/mol. The summed E-state index contributed by atoms with van der Waals surface area (Å²) >= 11 is 0. The number of pyridine rings is 1. The molecule has 5 nitrogen and oxygen atoms in total. The van der Waals surface area contributed by atoms with E-state index >= 15 is 0 Å². The fourth-order valence-corrected chi connectivity index (χ4v) is 2.58. The van der Waals surface area contributed by atoms with Crippen LogP contribution < -0.4 is 5.32 Å². The van der Waals surface area contributed by atoms with E-state index in [1.807, 2.05) is 28.8 Å². The summed E-state index contributed by atoms with van der Waals surface area (Å²) in [5.74, 6) is 0.949. The van der Waals surface area contributed by atoms with Crippen LogP contribution in [0, 0.1) is 0 Å². The normalized spacial score (nSPS) is 12.7. The molecule has 1 atom stereocenters. The first-order valence-electron chi connectivity index (χ1n) is 8.37. The van der Waals surface area contributed by atoms with Crippen LogP contribution in [0.5, 0.6) is 0 Å². The molecule has 0 amide bonds. The lowest BCUT2D eigenvalue weighted by Gasteiger charge is -2.17. The highest BCUT2D eigenvalue weighted by Gasteiger charge is 2.07. The lowest BCUT2D eigenvalue weighted by molar-refractivity contribution is 0.0743. The van der Waals surface area contributed by atoms with E-state index in [0.29, 0.717) is 6.61 Å². The van der Waals surface area contributed by atoms with Crippen LogP contribution in [-0.4, -0.2) is 33.4 Å². The molecule has 1 unspecified atom stereocenters. The van der Waals surface area contributed by atoms with Crippen LogP contribution in [0.25, 0.3) is 5.65 Å². The molecular formula is C19H24N4O. The Morgan fingerprint density at radius 2 is 1.83 bits per heavy atom. The van der Waals surface area contributed by atoms with E-state index in [0.717, 1.165) is 23.6 Å². The zero-order chi connectivity index (χ0) is 16.9. The molecule has 1 aromatic carbocycles. The highest BCUT2D eigenvalue weighted by Crippen LogP contribution is 2.14. The van der Waals surface area contributed by atoms with Crippen molar-refractivity contribution in [3.8, 4) is 0 Å². The maximum atomic E-state index is 5.63. The van der Waals surface area contributed by atoms with E-state index in [1.54, 1.807) is 0 Å². The van der Waals surface area contributed by atoms with Crippen molar-refractivity contribution < 1.29 is 4.74 Å². The minimum atomic E-state index is 0.259. The van der Waals surface area contributed by atoms with Crippen LogP contribution in [0.1, 0.15) is 32.2 Å². The molecule has 0 radical (unpaired) electrons. The molecule has 0 saturated carbocycles. The smallest absolute Gasteiger partial charge is 0.160 e. The molecule has 0 aliphatic heterocycles. The summed E-state index contributed by atoms with van der Waals surface area (Å²) < 4.78 is 7.66. The molecule has 0 aliphatic rings. The van der Waals surface area contributed by atoms with Gasteiger partial charge < -0.3 is 10.1 Å². The van der Waals surface area contributed by atoms with Gasteiger partial charge in [0.2, 0.25) is 0 Å². The second kappa shape index (κ2) is 7.45. The van der Waals surface area contributed by atoms with Crippen LogP contribution in [0.3, 0.4) is 0 Å². The van der Waals surface area contributed by atoms with E-state index in [2.05, 4.69) is 60.6 Å². The van der Waals surface area contributed by atoms with Gasteiger partial charge in [-0.2, -0.15) is 0 Å². The van der Waals surface area contributed by atoms with Crippen molar-refractivity contribution in [2.24, 2.45) is 0 Å². The molecular weight excluding hydrogens is 300 g/mol. The van der Waals surface area contributed by atoms with Gasteiger partial charge in [-0.05, 0) is 50.6 Å². The third-order valence-electron chi connectivity index (χ3n) is 3.79. The molecule has 0 bridgehead atoms. The molecule has 0 aliphatic carbocycles. The van der Waals surface area contributed by atoms with Crippen molar-refractivity contribution in [1.82, 2.24) is 14.6 Å². The fraction of sp³-hybridized carbons (Fsp3) is 0.368. The number of nitrogens with zero attached hydrogens (tertiary/aromatic N) is 3. The second-order valence-electron chi connectivity index (χ2n) is 6.35. The molecule has 3 rings (SSSR count). The summed E-state index contributed by atoms with van der Waals surface area (Å²) in [4.78, 5) is 0. The Bertz CT molecular complexity index is 779. The summed E-state index contributed by atoms with van der Waals surface area (Å²) in [6.45, 7) is 6.93. The third-order valence-corrected chi connectivity index (χ3v) is 3.79. The Kier molecular flexibility index (Phi) is 5.11. The van der Waals surface area contributed by atoms with Gasteiger partial charge in [0.25, 0.3) is 0 Å². The van der Waals surface area contributed by atoms with Gasteiger partial charge in [0.15, 0.2) is 5.65 Å². The van der Waals surface area contributed by atoms with E-state index in [9.17, 15) is 0 Å². The Morgan fingerprint density at radius 1 is 1.04 bits per heavy atom. The zero-order valence-electron chi connectivity index (χ0n) is 14.4. The SMILES string of the molecule is CC(COC(C)C)Nc1ccc(Cc2nnc3ccccn23)cc1. The Balaban J connectivity index is 1.62. The van der Waals surface area contributed by atoms with Crippen LogP contribution in [0.15, 0.2) is 48.7 Å². The molecule has 5 heteroatoms. The summed E-state index contributed by atoms with van der Waals surface area (Å²) in [6, 6.07) is 14.7. The van der Waals surface area contributed by atoms with Crippen LogP contribution in [0.4, 0.5) is 5.69 Å². The van der Waals surface area contributed by atoms with Gasteiger partial charge in [-0.1, -0.05) is 18.2 Å². The monoisotopic (exact) mass is 324 g/mol. The van der Waals surface area contributed by atoms with E-state index < -0.39 is 0 Å². The first-order valence-corrected chi connectivity index (χ1v) is 8.37. The standard InChI is InChI=1S/C19H24N4O/c1-14(2)24-13-15(3)20-17-9-7-16(8-10-17)12-19-22-21-18-6-4-5-11-23(18)19/h4-11,14-15,20H,12-13H2,1-3H3. The molecule has 0 spiro atoms. The van der Waals surface area contributed by atoms with E-state index in [1.165, 1.54) is 5.56 Å². The molecule has 1 N–H and O–H groups in total. The number of anilines is 1. The van der Waals surface area contributed by atoms with Gasteiger partial charge in [0, 0.05) is 24.3 Å². The number of fused-ring (bicyclic) bond motifs is 1. The van der Waals surface area contributed by atoms with Gasteiger partial charge in [0.05, 0.1) is 12.7 Å². The number of hydrogen-bond donors (Lipinski definition) is 1. The number of benzene rings is 1. The minimum absolute atomic E-state index is 0.259. The summed E-state index contributed by atoms with van der Waals surface area (Å²) in [5.41, 5.74) is 3.19. The van der Waals surface area contributed by atoms with Gasteiger partial charge in [0.1, 0.15) is 5.82 Å². The van der Waals surface area contributed by atoms with Crippen LogP contribution in [-0.2, 0) is 11.2 Å². The first kappa shape index (κ1) is 16.5. The average Bonchev–Trinajstić information content (AvgIpc) is 2.98. The molecule has 126 valence electrons. The number of rotatable bonds is 7. The zero-order valence-corrected chi connectivity index (χ0v) is 14.4. The first-order chi connectivity index (χ1) is 11.6. The van der Waals surface area contributed by atoms with Gasteiger partial charge in [-0.15, -0.1) is 10.2 Å². The molecule has 3 aromatic rings. The van der Waals surface area contributed by atoms with Crippen molar-refractivity contribution in [3.63, 3.8) is 0 Å². The van der Waals surface area contributed by atoms with Gasteiger partial charge >= 0.3 is 0 Å². The Labute approximate surface area is 142 Å². The Morgan fingerprint density at radius 3 is 2.58 bits per heavy atom. The number of aromatic nitrogens is 3. The summed E-state index contributed by atoms with van der Waals surface area (Å²) in [7, 11) is 0. The summed E-state index contributed by atoms with van der Waals surface area (Å²) in [6.07, 6.45) is 3.02. The van der Waals surface area contributed by atoms with Crippen LogP contribution in [0.2, 0.25) is 0 Å². The predicted octanol–water partition coefficient (Wildman–Crippen LogP) is 3.55. The van der Waals surface area contributed by atoms with E-state index in [4.69, 9.17) is 4.74 Å². The highest BCUT2D eigenvalue weighted by atomic mass is 16.5. The minimum Gasteiger partial charge on any atom is -0.380 e. The molecule has 0 saturated heterocycles. The second-order valence-corrected chi connectivity index (χ2v) is 6.35. The van der Waals surface area contributed by atoms with Crippen molar-refractivity contribution in [1.29, 1.82) is 0 Å². The average molecular weight is 324 g/mol. The van der Waals surface area contributed by atoms with Crippen molar-refractivity contribution >= 4 is 11.3 Å². The number of hydrogen-bond acceptors (Lipinski definition) is 4. The molecule has 0 fully saturated rings. The molecule has 2 aromatic heterocycles. The molecule has 24 heavy (non-hydrogen) atoms. The van der Waals surface area contributed by atoms with Crippen molar-refractivity contribution in [2.45, 2.75) is 39.3 Å². The van der Waals surface area contributed by atoms with Gasteiger partial charge in [-0.3, -0.25) is 4.40 Å². The maximum absolute atomic E-state index is 5.63. The quantitative estimate of drug-likeness (QED) is 0.722.